The van der Waals surface area contributed by atoms with Crippen molar-refractivity contribution in [1.82, 2.24) is 9.88 Å². The van der Waals surface area contributed by atoms with Crippen LogP contribution in [0.25, 0.3) is 10.9 Å². The molecule has 0 amide bonds. The van der Waals surface area contributed by atoms with E-state index in [9.17, 15) is 4.79 Å². The zero-order valence-electron chi connectivity index (χ0n) is 18.4. The highest BCUT2D eigenvalue weighted by molar-refractivity contribution is 5.84. The summed E-state index contributed by atoms with van der Waals surface area (Å²) in [6.07, 6.45) is 5.74. The molecule has 1 aromatic carbocycles. The highest BCUT2D eigenvalue weighted by Gasteiger charge is 2.45. The SMILES string of the molecule is C=C[C@H]1CN2CC[C@H]1C[C@H]2[C@H](OC(=O)C(C)(C)C)c1ccnc2ccc(OC)cc12. The van der Waals surface area contributed by atoms with Gasteiger partial charge in [0.25, 0.3) is 0 Å². The minimum Gasteiger partial charge on any atom is -0.497 e. The fourth-order valence-electron chi connectivity index (χ4n) is 4.86. The zero-order valence-corrected chi connectivity index (χ0v) is 18.4. The third kappa shape index (κ3) is 3.83. The van der Waals surface area contributed by atoms with Crippen LogP contribution in [0, 0.1) is 17.3 Å². The van der Waals surface area contributed by atoms with Crippen LogP contribution in [-0.2, 0) is 9.53 Å². The molecule has 2 bridgehead atoms. The largest absolute Gasteiger partial charge is 0.497 e. The quantitative estimate of drug-likeness (QED) is 0.527. The van der Waals surface area contributed by atoms with Crippen molar-refractivity contribution in [3.63, 3.8) is 0 Å². The van der Waals surface area contributed by atoms with Crippen molar-refractivity contribution in [1.29, 1.82) is 0 Å². The van der Waals surface area contributed by atoms with E-state index < -0.39 is 5.41 Å². The van der Waals surface area contributed by atoms with Gasteiger partial charge in [-0.1, -0.05) is 6.08 Å². The Hall–Kier alpha value is -2.40. The molecule has 3 fully saturated rings. The molecule has 3 aliphatic heterocycles. The molecule has 0 radical (unpaired) electrons. The molecule has 0 spiro atoms. The average Bonchev–Trinajstić information content (AvgIpc) is 2.76. The molecule has 1 aromatic heterocycles. The molecular formula is C25H32N2O3. The van der Waals surface area contributed by atoms with Crippen LogP contribution in [0.4, 0.5) is 0 Å². The Balaban J connectivity index is 1.78. The number of aromatic nitrogens is 1. The number of carbonyl (C=O) groups excluding carboxylic acids is 1. The van der Waals surface area contributed by atoms with Crippen LogP contribution in [0.2, 0.25) is 0 Å². The summed E-state index contributed by atoms with van der Waals surface area (Å²) in [6.45, 7) is 11.8. The zero-order chi connectivity index (χ0) is 21.5. The maximum Gasteiger partial charge on any atom is 0.311 e. The third-order valence-electron chi connectivity index (χ3n) is 6.64. The lowest BCUT2D eigenvalue weighted by Crippen LogP contribution is -2.55. The number of benzene rings is 1. The van der Waals surface area contributed by atoms with Gasteiger partial charge < -0.3 is 9.47 Å². The summed E-state index contributed by atoms with van der Waals surface area (Å²) in [5, 5.41) is 0.978. The highest BCUT2D eigenvalue weighted by atomic mass is 16.5. The van der Waals surface area contributed by atoms with Crippen LogP contribution < -0.4 is 4.74 Å². The molecule has 5 atom stereocenters. The molecule has 3 saturated heterocycles. The van der Waals surface area contributed by atoms with Gasteiger partial charge in [-0.3, -0.25) is 14.7 Å². The van der Waals surface area contributed by atoms with Crippen molar-refractivity contribution in [2.24, 2.45) is 17.3 Å². The standard InChI is InChI=1S/C25H32N2O3/c1-6-16-15-27-12-10-17(16)13-22(27)23(30-24(28)25(2,3)4)19-9-11-26-21-8-7-18(29-5)14-20(19)21/h6-9,11,14,16-17,22-23H,1,10,12-13,15H2,2-5H3/t16-,17-,22-,23+/m0/s1. The van der Waals surface area contributed by atoms with Crippen molar-refractivity contribution in [3.8, 4) is 5.75 Å². The summed E-state index contributed by atoms with van der Waals surface area (Å²) in [6, 6.07) is 8.02. The van der Waals surface area contributed by atoms with Gasteiger partial charge in [0.15, 0.2) is 0 Å². The first-order valence-electron chi connectivity index (χ1n) is 10.8. The van der Waals surface area contributed by atoms with Crippen molar-refractivity contribution in [2.75, 3.05) is 20.2 Å². The molecule has 2 aromatic rings. The van der Waals surface area contributed by atoms with E-state index >= 15 is 0 Å². The summed E-state index contributed by atoms with van der Waals surface area (Å²) in [7, 11) is 1.66. The lowest BCUT2D eigenvalue weighted by atomic mass is 9.73. The van der Waals surface area contributed by atoms with Crippen LogP contribution in [0.3, 0.4) is 0 Å². The number of fused-ring (bicyclic) bond motifs is 4. The number of rotatable bonds is 5. The van der Waals surface area contributed by atoms with E-state index in [-0.39, 0.29) is 18.1 Å². The van der Waals surface area contributed by atoms with Crippen LogP contribution in [0.15, 0.2) is 43.1 Å². The molecule has 0 aliphatic carbocycles. The van der Waals surface area contributed by atoms with Gasteiger partial charge in [-0.2, -0.15) is 0 Å². The number of carbonyl (C=O) groups is 1. The van der Waals surface area contributed by atoms with E-state index in [1.54, 1.807) is 7.11 Å². The molecule has 0 N–H and O–H groups in total. The van der Waals surface area contributed by atoms with Crippen molar-refractivity contribution >= 4 is 16.9 Å². The monoisotopic (exact) mass is 408 g/mol. The van der Waals surface area contributed by atoms with Crippen LogP contribution >= 0.6 is 0 Å². The third-order valence-corrected chi connectivity index (χ3v) is 6.64. The summed E-state index contributed by atoms with van der Waals surface area (Å²) in [5.41, 5.74) is 1.32. The minimum atomic E-state index is -0.564. The lowest BCUT2D eigenvalue weighted by molar-refractivity contribution is -0.166. The molecule has 4 heterocycles. The Morgan fingerprint density at radius 2 is 2.13 bits per heavy atom. The lowest BCUT2D eigenvalue weighted by Gasteiger charge is -2.51. The maximum absolute atomic E-state index is 13.0. The topological polar surface area (TPSA) is 51.7 Å². The van der Waals surface area contributed by atoms with Crippen molar-refractivity contribution in [2.45, 2.75) is 45.8 Å². The van der Waals surface area contributed by atoms with Gasteiger partial charge in [-0.05, 0) is 76.3 Å². The Bertz CT molecular complexity index is 949. The number of methoxy groups -OCH3 is 1. The van der Waals surface area contributed by atoms with Crippen molar-refractivity contribution < 1.29 is 14.3 Å². The minimum absolute atomic E-state index is 0.156. The molecule has 30 heavy (non-hydrogen) atoms. The fourth-order valence-corrected chi connectivity index (χ4v) is 4.86. The van der Waals surface area contributed by atoms with E-state index in [4.69, 9.17) is 9.47 Å². The number of esters is 1. The summed E-state index contributed by atoms with van der Waals surface area (Å²) < 4.78 is 11.7. The number of hydrogen-bond acceptors (Lipinski definition) is 5. The molecule has 5 rings (SSSR count). The Labute approximate surface area is 179 Å². The van der Waals surface area contributed by atoms with Gasteiger partial charge in [0, 0.05) is 23.7 Å². The Morgan fingerprint density at radius 1 is 1.33 bits per heavy atom. The molecule has 0 saturated carbocycles. The van der Waals surface area contributed by atoms with E-state index in [2.05, 4.69) is 22.5 Å². The molecule has 5 heteroatoms. The van der Waals surface area contributed by atoms with Gasteiger partial charge in [-0.25, -0.2) is 0 Å². The van der Waals surface area contributed by atoms with E-state index in [1.165, 1.54) is 6.42 Å². The highest BCUT2D eigenvalue weighted by Crippen LogP contribution is 2.44. The van der Waals surface area contributed by atoms with Gasteiger partial charge in [-0.15, -0.1) is 6.58 Å². The summed E-state index contributed by atoms with van der Waals surface area (Å²) in [4.78, 5) is 20.0. The van der Waals surface area contributed by atoms with Gasteiger partial charge in [0.2, 0.25) is 0 Å². The number of nitrogens with zero attached hydrogens (tertiary/aromatic N) is 2. The maximum atomic E-state index is 13.0. The predicted octanol–water partition coefficient (Wildman–Crippen LogP) is 4.77. The Kier molecular flexibility index (Phi) is 5.58. The van der Waals surface area contributed by atoms with Crippen LogP contribution in [0.5, 0.6) is 5.75 Å². The van der Waals surface area contributed by atoms with Gasteiger partial charge >= 0.3 is 5.97 Å². The molecule has 5 nitrogen and oxygen atoms in total. The summed E-state index contributed by atoms with van der Waals surface area (Å²) in [5.74, 6) is 1.71. The van der Waals surface area contributed by atoms with E-state index in [0.29, 0.717) is 11.8 Å². The first-order valence-corrected chi connectivity index (χ1v) is 10.8. The van der Waals surface area contributed by atoms with Crippen LogP contribution in [0.1, 0.15) is 45.3 Å². The first-order chi connectivity index (χ1) is 14.3. The summed E-state index contributed by atoms with van der Waals surface area (Å²) >= 11 is 0. The molecule has 160 valence electrons. The van der Waals surface area contributed by atoms with Gasteiger partial charge in [0.05, 0.1) is 24.1 Å². The van der Waals surface area contributed by atoms with E-state index in [0.717, 1.165) is 41.7 Å². The molecule has 1 unspecified atom stereocenters. The number of piperidine rings is 3. The predicted molar refractivity (Wildman–Crippen MR) is 118 cm³/mol. The number of hydrogen-bond donors (Lipinski definition) is 0. The smallest absolute Gasteiger partial charge is 0.311 e. The van der Waals surface area contributed by atoms with Crippen LogP contribution in [-0.4, -0.2) is 42.1 Å². The molecule has 3 aliphatic rings. The number of pyridine rings is 1. The first kappa shape index (κ1) is 20.9. The second-order valence-corrected chi connectivity index (χ2v) is 9.61. The number of ether oxygens (including phenoxy) is 2. The molecular weight excluding hydrogens is 376 g/mol. The fraction of sp³-hybridized carbons (Fsp3) is 0.520. The van der Waals surface area contributed by atoms with E-state index in [1.807, 2.05) is 51.2 Å². The Morgan fingerprint density at radius 3 is 2.77 bits per heavy atom. The second kappa shape index (κ2) is 8.03. The van der Waals surface area contributed by atoms with Crippen molar-refractivity contribution in [3.05, 3.63) is 48.7 Å². The normalized spacial score (nSPS) is 26.9. The average molecular weight is 409 g/mol. The van der Waals surface area contributed by atoms with Gasteiger partial charge in [0.1, 0.15) is 11.9 Å². The second-order valence-electron chi connectivity index (χ2n) is 9.61.